The average molecular weight is 449 g/mol. The SMILES string of the molecule is O=[N+]([O-])c1ccc(N/N=C2\C[C@H](c3ccccc3)C(c3ccccc3)=C2Cl)c([N+](=O)[O-])c1. The molecule has 0 amide bonds. The van der Waals surface area contributed by atoms with Crippen LogP contribution in [0.3, 0.4) is 0 Å². The van der Waals surface area contributed by atoms with Gasteiger partial charge in [-0.15, -0.1) is 0 Å². The van der Waals surface area contributed by atoms with Crippen LogP contribution in [0.15, 0.2) is 89.0 Å². The molecule has 0 bridgehead atoms. The summed E-state index contributed by atoms with van der Waals surface area (Å²) in [5, 5.41) is 27.2. The van der Waals surface area contributed by atoms with Gasteiger partial charge in [-0.05, 0) is 22.8 Å². The fourth-order valence-electron chi connectivity index (χ4n) is 3.71. The van der Waals surface area contributed by atoms with E-state index >= 15 is 0 Å². The summed E-state index contributed by atoms with van der Waals surface area (Å²) in [6.45, 7) is 0. The van der Waals surface area contributed by atoms with E-state index < -0.39 is 15.5 Å². The van der Waals surface area contributed by atoms with E-state index in [1.807, 2.05) is 60.7 Å². The number of rotatable bonds is 6. The zero-order valence-corrected chi connectivity index (χ0v) is 17.4. The van der Waals surface area contributed by atoms with Gasteiger partial charge in [0, 0.05) is 18.4 Å². The van der Waals surface area contributed by atoms with Crippen molar-refractivity contribution in [2.45, 2.75) is 12.3 Å². The van der Waals surface area contributed by atoms with E-state index in [1.165, 1.54) is 12.1 Å². The first-order valence-electron chi connectivity index (χ1n) is 9.71. The van der Waals surface area contributed by atoms with Crippen molar-refractivity contribution in [2.75, 3.05) is 5.43 Å². The number of benzene rings is 3. The van der Waals surface area contributed by atoms with Gasteiger partial charge in [-0.1, -0.05) is 72.3 Å². The third-order valence-electron chi connectivity index (χ3n) is 5.22. The number of allylic oxidation sites excluding steroid dienone is 2. The number of non-ortho nitro benzene ring substituents is 1. The molecule has 1 aliphatic carbocycles. The number of nitro groups is 2. The molecule has 1 aliphatic rings. The molecule has 0 spiro atoms. The Labute approximate surface area is 188 Å². The van der Waals surface area contributed by atoms with Crippen molar-refractivity contribution >= 4 is 39.9 Å². The van der Waals surface area contributed by atoms with E-state index in [0.717, 1.165) is 22.8 Å². The van der Waals surface area contributed by atoms with E-state index in [4.69, 9.17) is 11.6 Å². The molecule has 4 rings (SSSR count). The van der Waals surface area contributed by atoms with Crippen LogP contribution in [0.1, 0.15) is 23.5 Å². The number of hydrogen-bond acceptors (Lipinski definition) is 6. The number of nitrogens with zero attached hydrogens (tertiary/aromatic N) is 3. The number of nitro benzene ring substituents is 2. The summed E-state index contributed by atoms with van der Waals surface area (Å²) in [6, 6.07) is 23.0. The lowest BCUT2D eigenvalue weighted by atomic mass is 9.88. The summed E-state index contributed by atoms with van der Waals surface area (Å²) >= 11 is 6.74. The Morgan fingerprint density at radius 2 is 1.56 bits per heavy atom. The van der Waals surface area contributed by atoms with E-state index in [2.05, 4.69) is 10.5 Å². The van der Waals surface area contributed by atoms with Crippen LogP contribution in [0, 0.1) is 20.2 Å². The van der Waals surface area contributed by atoms with Gasteiger partial charge >= 0.3 is 5.69 Å². The molecule has 8 nitrogen and oxygen atoms in total. The Bertz CT molecular complexity index is 1240. The van der Waals surface area contributed by atoms with Gasteiger partial charge in [0.05, 0.1) is 26.7 Å². The fraction of sp³-hybridized carbons (Fsp3) is 0.0870. The Balaban J connectivity index is 1.72. The molecule has 0 radical (unpaired) electrons. The number of anilines is 1. The second-order valence-electron chi connectivity index (χ2n) is 7.15. The van der Waals surface area contributed by atoms with Crippen molar-refractivity contribution < 1.29 is 9.85 Å². The zero-order chi connectivity index (χ0) is 22.7. The first kappa shape index (κ1) is 21.2. The molecule has 160 valence electrons. The van der Waals surface area contributed by atoms with Crippen LogP contribution in [0.25, 0.3) is 5.57 Å². The summed E-state index contributed by atoms with van der Waals surface area (Å²) in [5.41, 5.74) is 5.44. The van der Waals surface area contributed by atoms with Crippen LogP contribution in [0.2, 0.25) is 0 Å². The molecule has 0 aliphatic heterocycles. The van der Waals surface area contributed by atoms with Gasteiger partial charge in [-0.25, -0.2) is 0 Å². The molecule has 32 heavy (non-hydrogen) atoms. The highest BCUT2D eigenvalue weighted by molar-refractivity contribution is 6.48. The summed E-state index contributed by atoms with van der Waals surface area (Å²) < 4.78 is 0. The van der Waals surface area contributed by atoms with Crippen LogP contribution >= 0.6 is 11.6 Å². The van der Waals surface area contributed by atoms with Crippen LogP contribution in [-0.2, 0) is 0 Å². The van der Waals surface area contributed by atoms with Gasteiger partial charge in [-0.2, -0.15) is 5.10 Å². The minimum atomic E-state index is -0.691. The maximum absolute atomic E-state index is 11.4. The topological polar surface area (TPSA) is 111 Å². The first-order valence-corrected chi connectivity index (χ1v) is 10.1. The minimum absolute atomic E-state index is 0.0292. The molecular weight excluding hydrogens is 432 g/mol. The Hall–Kier alpha value is -4.04. The van der Waals surface area contributed by atoms with E-state index in [1.54, 1.807) is 0 Å². The van der Waals surface area contributed by atoms with Crippen LogP contribution < -0.4 is 5.43 Å². The summed E-state index contributed by atoms with van der Waals surface area (Å²) in [4.78, 5) is 21.0. The van der Waals surface area contributed by atoms with Crippen molar-refractivity contribution in [3.63, 3.8) is 0 Å². The fourth-order valence-corrected chi connectivity index (χ4v) is 4.07. The number of halogens is 1. The van der Waals surface area contributed by atoms with Gasteiger partial charge in [0.2, 0.25) is 0 Å². The molecule has 0 saturated carbocycles. The predicted octanol–water partition coefficient (Wildman–Crippen LogP) is 6.11. The lowest BCUT2D eigenvalue weighted by molar-refractivity contribution is -0.393. The molecule has 3 aromatic carbocycles. The zero-order valence-electron chi connectivity index (χ0n) is 16.6. The van der Waals surface area contributed by atoms with Gasteiger partial charge in [0.15, 0.2) is 0 Å². The average Bonchev–Trinajstić information content (AvgIpc) is 3.14. The third kappa shape index (κ3) is 4.21. The van der Waals surface area contributed by atoms with Crippen molar-refractivity contribution in [1.82, 2.24) is 0 Å². The van der Waals surface area contributed by atoms with Crippen LogP contribution in [-0.4, -0.2) is 15.6 Å². The van der Waals surface area contributed by atoms with E-state index in [0.29, 0.717) is 17.2 Å². The molecule has 0 unspecified atom stereocenters. The lowest BCUT2D eigenvalue weighted by Crippen LogP contribution is -2.03. The monoisotopic (exact) mass is 448 g/mol. The molecule has 1 atom stereocenters. The highest BCUT2D eigenvalue weighted by Gasteiger charge is 2.32. The summed E-state index contributed by atoms with van der Waals surface area (Å²) in [7, 11) is 0. The first-order chi connectivity index (χ1) is 15.5. The molecule has 0 fully saturated rings. The van der Waals surface area contributed by atoms with Crippen LogP contribution in [0.5, 0.6) is 0 Å². The Kier molecular flexibility index (Phi) is 5.96. The maximum atomic E-state index is 11.4. The summed E-state index contributed by atoms with van der Waals surface area (Å²) in [5.74, 6) is -0.0292. The lowest BCUT2D eigenvalue weighted by Gasteiger charge is -2.15. The largest absolute Gasteiger partial charge is 0.301 e. The highest BCUT2D eigenvalue weighted by Crippen LogP contribution is 2.45. The van der Waals surface area contributed by atoms with Crippen molar-refractivity contribution in [1.29, 1.82) is 0 Å². The molecular formula is C23H17ClN4O4. The van der Waals surface area contributed by atoms with Gasteiger partial charge < -0.3 is 0 Å². The highest BCUT2D eigenvalue weighted by atomic mass is 35.5. The van der Waals surface area contributed by atoms with Crippen molar-refractivity contribution in [3.05, 3.63) is 115 Å². The maximum Gasteiger partial charge on any atom is 0.301 e. The number of hydrazone groups is 1. The number of hydrogen-bond donors (Lipinski definition) is 1. The second kappa shape index (κ2) is 8.99. The van der Waals surface area contributed by atoms with Crippen molar-refractivity contribution in [2.24, 2.45) is 5.10 Å². The quantitative estimate of drug-likeness (QED) is 0.361. The molecule has 0 saturated heterocycles. The Morgan fingerprint density at radius 1 is 0.906 bits per heavy atom. The van der Waals surface area contributed by atoms with Gasteiger partial charge in [0.25, 0.3) is 5.69 Å². The predicted molar refractivity (Wildman–Crippen MR) is 124 cm³/mol. The molecule has 0 heterocycles. The molecule has 3 aromatic rings. The smallest absolute Gasteiger partial charge is 0.271 e. The number of nitrogens with one attached hydrogen (secondary N) is 1. The van der Waals surface area contributed by atoms with E-state index in [-0.39, 0.29) is 17.3 Å². The standard InChI is InChI=1S/C23H17ClN4O4/c24-23-20(26-25-19-12-11-17(27(29)30)13-21(19)28(31)32)14-18(15-7-3-1-4-8-15)22(23)16-9-5-2-6-10-16/h1-13,18,25H,14H2/b26-20+/t18-/m1/s1. The summed E-state index contributed by atoms with van der Waals surface area (Å²) in [6.07, 6.45) is 0.501. The second-order valence-corrected chi connectivity index (χ2v) is 7.53. The van der Waals surface area contributed by atoms with Gasteiger partial charge in [-0.3, -0.25) is 25.7 Å². The molecule has 1 N–H and O–H groups in total. The minimum Gasteiger partial charge on any atom is -0.271 e. The van der Waals surface area contributed by atoms with Crippen molar-refractivity contribution in [3.8, 4) is 0 Å². The normalized spacial score (nSPS) is 16.9. The van der Waals surface area contributed by atoms with E-state index in [9.17, 15) is 20.2 Å². The molecule has 9 heteroatoms. The third-order valence-corrected chi connectivity index (χ3v) is 5.64. The van der Waals surface area contributed by atoms with Gasteiger partial charge in [0.1, 0.15) is 5.69 Å². The molecule has 0 aromatic heterocycles. The van der Waals surface area contributed by atoms with Crippen LogP contribution in [0.4, 0.5) is 17.1 Å². The Morgan fingerprint density at radius 3 is 2.19 bits per heavy atom.